The van der Waals surface area contributed by atoms with Crippen molar-refractivity contribution < 1.29 is 18.3 Å². The van der Waals surface area contributed by atoms with Crippen LogP contribution in [0, 0.1) is 17.6 Å². The summed E-state index contributed by atoms with van der Waals surface area (Å²) < 4.78 is 32.9. The van der Waals surface area contributed by atoms with Crippen LogP contribution in [0.2, 0.25) is 0 Å². The third-order valence-electron chi connectivity index (χ3n) is 5.13. The van der Waals surface area contributed by atoms with Gasteiger partial charge in [-0.2, -0.15) is 0 Å². The number of carbonyl (C=O) groups is 1. The Morgan fingerprint density at radius 3 is 2.27 bits per heavy atom. The van der Waals surface area contributed by atoms with Gasteiger partial charge in [-0.25, -0.2) is 13.6 Å². The Hall–Kier alpha value is -2.23. The average Bonchev–Trinajstić information content (AvgIpc) is 2.64. The van der Waals surface area contributed by atoms with E-state index in [9.17, 15) is 13.6 Å². The van der Waals surface area contributed by atoms with Crippen molar-refractivity contribution in [3.05, 3.63) is 59.7 Å². The minimum atomic E-state index is -0.614. The predicted molar refractivity (Wildman–Crippen MR) is 97.9 cm³/mol. The van der Waals surface area contributed by atoms with Crippen LogP contribution >= 0.6 is 0 Å². The van der Waals surface area contributed by atoms with Gasteiger partial charge in [0.05, 0.1) is 5.56 Å². The third kappa shape index (κ3) is 4.48. The molecule has 4 heteroatoms. The molecular weight excluding hydrogens is 334 g/mol. The van der Waals surface area contributed by atoms with Crippen molar-refractivity contribution in [3.63, 3.8) is 0 Å². The van der Waals surface area contributed by atoms with E-state index in [1.165, 1.54) is 37.1 Å². The van der Waals surface area contributed by atoms with E-state index in [0.717, 1.165) is 31.6 Å². The summed E-state index contributed by atoms with van der Waals surface area (Å²) in [6.07, 6.45) is 6.13. The van der Waals surface area contributed by atoms with Crippen molar-refractivity contribution in [1.29, 1.82) is 0 Å². The number of carbonyl (C=O) groups excluding carboxylic acids is 1. The maximum absolute atomic E-state index is 14.4. The standard InChI is InChI=1S/C22H24F2O2/c1-2-3-15-4-11-19(12-5-15)26-22(25)20-13-8-17(14-21(20)24)16-6-9-18(23)10-7-16/h6-10,13-15,19H,2-5,11-12H2,1H3. The molecule has 0 bridgehead atoms. The molecule has 1 saturated carbocycles. The highest BCUT2D eigenvalue weighted by Gasteiger charge is 2.25. The van der Waals surface area contributed by atoms with Crippen molar-refractivity contribution in [1.82, 2.24) is 0 Å². The second-order valence-corrected chi connectivity index (χ2v) is 7.04. The summed E-state index contributed by atoms with van der Waals surface area (Å²) in [6.45, 7) is 2.19. The zero-order valence-corrected chi connectivity index (χ0v) is 15.0. The molecule has 0 spiro atoms. The van der Waals surface area contributed by atoms with E-state index < -0.39 is 11.8 Å². The molecule has 0 N–H and O–H groups in total. The molecule has 0 radical (unpaired) electrons. The first-order valence-corrected chi connectivity index (χ1v) is 9.33. The fourth-order valence-corrected chi connectivity index (χ4v) is 3.66. The van der Waals surface area contributed by atoms with Crippen LogP contribution in [-0.2, 0) is 4.74 Å². The number of halogens is 2. The summed E-state index contributed by atoms with van der Waals surface area (Å²) in [5.41, 5.74) is 1.24. The number of hydrogen-bond acceptors (Lipinski definition) is 2. The van der Waals surface area contributed by atoms with Crippen LogP contribution in [-0.4, -0.2) is 12.1 Å². The van der Waals surface area contributed by atoms with E-state index in [-0.39, 0.29) is 17.5 Å². The summed E-state index contributed by atoms with van der Waals surface area (Å²) in [7, 11) is 0. The predicted octanol–water partition coefficient (Wildman–Crippen LogP) is 6.15. The van der Waals surface area contributed by atoms with Gasteiger partial charge in [-0.3, -0.25) is 0 Å². The van der Waals surface area contributed by atoms with Crippen molar-refractivity contribution in [3.8, 4) is 11.1 Å². The Balaban J connectivity index is 1.64. The molecule has 1 fully saturated rings. The largest absolute Gasteiger partial charge is 0.459 e. The van der Waals surface area contributed by atoms with Gasteiger partial charge in [0.1, 0.15) is 17.7 Å². The first-order valence-electron chi connectivity index (χ1n) is 9.33. The minimum absolute atomic E-state index is 0.0495. The van der Waals surface area contributed by atoms with Gasteiger partial charge in [0.2, 0.25) is 0 Å². The van der Waals surface area contributed by atoms with Crippen LogP contribution in [0.4, 0.5) is 8.78 Å². The lowest BCUT2D eigenvalue weighted by atomic mass is 9.85. The highest BCUT2D eigenvalue weighted by molar-refractivity contribution is 5.90. The fraction of sp³-hybridized carbons (Fsp3) is 0.409. The third-order valence-corrected chi connectivity index (χ3v) is 5.13. The van der Waals surface area contributed by atoms with Crippen LogP contribution in [0.25, 0.3) is 11.1 Å². The van der Waals surface area contributed by atoms with Crippen molar-refractivity contribution in [2.75, 3.05) is 0 Å². The molecule has 0 saturated heterocycles. The molecule has 2 aromatic carbocycles. The first kappa shape index (κ1) is 18.6. The lowest BCUT2D eigenvalue weighted by Gasteiger charge is -2.28. The number of benzene rings is 2. The molecule has 0 heterocycles. The van der Waals surface area contributed by atoms with Crippen LogP contribution in [0.1, 0.15) is 55.8 Å². The van der Waals surface area contributed by atoms with Gasteiger partial charge in [0.15, 0.2) is 0 Å². The number of ether oxygens (including phenoxy) is 1. The second kappa shape index (κ2) is 8.43. The van der Waals surface area contributed by atoms with Crippen LogP contribution in [0.15, 0.2) is 42.5 Å². The highest BCUT2D eigenvalue weighted by Crippen LogP contribution is 2.30. The van der Waals surface area contributed by atoms with Crippen molar-refractivity contribution >= 4 is 5.97 Å². The van der Waals surface area contributed by atoms with E-state index in [4.69, 9.17) is 4.74 Å². The molecule has 0 aliphatic heterocycles. The van der Waals surface area contributed by atoms with E-state index >= 15 is 0 Å². The molecule has 0 unspecified atom stereocenters. The summed E-state index contributed by atoms with van der Waals surface area (Å²) in [6, 6.07) is 10.2. The Bertz CT molecular complexity index is 747. The zero-order chi connectivity index (χ0) is 18.5. The Morgan fingerprint density at radius 2 is 1.65 bits per heavy atom. The summed E-state index contributed by atoms with van der Waals surface area (Å²) >= 11 is 0. The second-order valence-electron chi connectivity index (χ2n) is 7.04. The van der Waals surface area contributed by atoms with Gasteiger partial charge in [-0.05, 0) is 67.0 Å². The SMILES string of the molecule is CCCC1CCC(OC(=O)c2ccc(-c3ccc(F)cc3)cc2F)CC1. The molecule has 1 aliphatic carbocycles. The van der Waals surface area contributed by atoms with Crippen molar-refractivity contribution in [2.45, 2.75) is 51.6 Å². The maximum atomic E-state index is 14.4. The fourth-order valence-electron chi connectivity index (χ4n) is 3.66. The van der Waals surface area contributed by atoms with Crippen molar-refractivity contribution in [2.24, 2.45) is 5.92 Å². The Labute approximate surface area is 153 Å². The van der Waals surface area contributed by atoms with Crippen LogP contribution < -0.4 is 0 Å². The van der Waals surface area contributed by atoms with Crippen LogP contribution in [0.5, 0.6) is 0 Å². The van der Waals surface area contributed by atoms with Gasteiger partial charge >= 0.3 is 5.97 Å². The molecule has 0 aromatic heterocycles. The van der Waals surface area contributed by atoms with Gasteiger partial charge in [0.25, 0.3) is 0 Å². The molecule has 3 rings (SSSR count). The number of hydrogen-bond donors (Lipinski definition) is 0. The molecule has 0 atom stereocenters. The van der Waals surface area contributed by atoms with Gasteiger partial charge in [-0.1, -0.05) is 38.0 Å². The molecular formula is C22H24F2O2. The normalized spacial score (nSPS) is 20.0. The smallest absolute Gasteiger partial charge is 0.341 e. The lowest BCUT2D eigenvalue weighted by molar-refractivity contribution is 0.0157. The molecule has 0 amide bonds. The lowest BCUT2D eigenvalue weighted by Crippen LogP contribution is -2.25. The highest BCUT2D eigenvalue weighted by atomic mass is 19.1. The van der Waals surface area contributed by atoms with Crippen LogP contribution in [0.3, 0.4) is 0 Å². The number of rotatable bonds is 5. The molecule has 2 aromatic rings. The number of esters is 1. The quantitative estimate of drug-likeness (QED) is 0.599. The molecule has 138 valence electrons. The van der Waals surface area contributed by atoms with E-state index in [1.54, 1.807) is 18.2 Å². The molecule has 26 heavy (non-hydrogen) atoms. The van der Waals surface area contributed by atoms with Gasteiger partial charge < -0.3 is 4.74 Å². The van der Waals surface area contributed by atoms with Gasteiger partial charge in [0, 0.05) is 0 Å². The van der Waals surface area contributed by atoms with E-state index in [1.807, 2.05) is 0 Å². The Morgan fingerprint density at radius 1 is 1.00 bits per heavy atom. The summed E-state index contributed by atoms with van der Waals surface area (Å²) in [4.78, 5) is 12.3. The van der Waals surface area contributed by atoms with E-state index in [0.29, 0.717) is 11.1 Å². The molecule has 2 nitrogen and oxygen atoms in total. The Kier molecular flexibility index (Phi) is 6.02. The van der Waals surface area contributed by atoms with Gasteiger partial charge in [-0.15, -0.1) is 0 Å². The van der Waals surface area contributed by atoms with E-state index in [2.05, 4.69) is 6.92 Å². The topological polar surface area (TPSA) is 26.3 Å². The minimum Gasteiger partial charge on any atom is -0.459 e. The monoisotopic (exact) mass is 358 g/mol. The summed E-state index contributed by atoms with van der Waals surface area (Å²) in [5, 5.41) is 0. The zero-order valence-electron chi connectivity index (χ0n) is 15.0. The average molecular weight is 358 g/mol. The summed E-state index contributed by atoms with van der Waals surface area (Å²) in [5.74, 6) is -0.839. The first-order chi connectivity index (χ1) is 12.6. The molecule has 1 aliphatic rings. The maximum Gasteiger partial charge on any atom is 0.341 e.